The first kappa shape index (κ1) is 15.2. The number of aliphatic carboxylic acids is 1. The molecule has 1 fully saturated rings. The molecule has 1 saturated heterocycles. The Morgan fingerprint density at radius 1 is 1.24 bits per heavy atom. The van der Waals surface area contributed by atoms with Crippen molar-refractivity contribution < 1.29 is 23.5 Å². The Kier molecular flexibility index (Phi) is 4.72. The summed E-state index contributed by atoms with van der Waals surface area (Å²) in [7, 11) is 0. The third-order valence-corrected chi connectivity index (χ3v) is 3.58. The van der Waals surface area contributed by atoms with Gasteiger partial charge < -0.3 is 15.3 Å². The van der Waals surface area contributed by atoms with E-state index in [-0.39, 0.29) is 18.1 Å². The third kappa shape index (κ3) is 3.68. The second-order valence-electron chi connectivity index (χ2n) is 4.94. The van der Waals surface area contributed by atoms with Crippen molar-refractivity contribution >= 4 is 17.6 Å². The van der Waals surface area contributed by atoms with Crippen LogP contribution >= 0.6 is 0 Å². The zero-order valence-electron chi connectivity index (χ0n) is 11.3. The highest BCUT2D eigenvalue weighted by Gasteiger charge is 2.26. The summed E-state index contributed by atoms with van der Waals surface area (Å²) >= 11 is 0. The maximum atomic E-state index is 13.4. The van der Waals surface area contributed by atoms with Crippen LogP contribution in [0.2, 0.25) is 0 Å². The van der Waals surface area contributed by atoms with Gasteiger partial charge >= 0.3 is 5.97 Å². The van der Waals surface area contributed by atoms with Crippen molar-refractivity contribution in [3.8, 4) is 0 Å². The maximum absolute atomic E-state index is 13.4. The Morgan fingerprint density at radius 2 is 1.81 bits per heavy atom. The summed E-state index contributed by atoms with van der Waals surface area (Å²) in [5, 5.41) is 11.3. The molecule has 0 aliphatic carbocycles. The molecular weight excluding hydrogens is 282 g/mol. The van der Waals surface area contributed by atoms with E-state index in [0.29, 0.717) is 25.9 Å². The number of nitrogens with one attached hydrogen (secondary N) is 1. The molecule has 1 aromatic carbocycles. The van der Waals surface area contributed by atoms with Gasteiger partial charge in [0.25, 0.3) is 0 Å². The van der Waals surface area contributed by atoms with Crippen LogP contribution in [0.3, 0.4) is 0 Å². The Balaban J connectivity index is 1.87. The molecule has 1 aromatic rings. The second kappa shape index (κ2) is 6.51. The Morgan fingerprint density at radius 3 is 2.33 bits per heavy atom. The summed E-state index contributed by atoms with van der Waals surface area (Å²) < 4.78 is 26.8. The number of carboxylic acid groups (broad SMARTS) is 1. The Labute approximate surface area is 120 Å². The molecule has 114 valence electrons. The van der Waals surface area contributed by atoms with Gasteiger partial charge in [0.05, 0.1) is 12.5 Å². The fourth-order valence-corrected chi connectivity index (χ4v) is 2.32. The highest BCUT2D eigenvalue weighted by molar-refractivity contribution is 5.81. The Hall–Kier alpha value is -2.18. The number of hydrogen-bond donors (Lipinski definition) is 2. The number of carboxylic acids is 1. The van der Waals surface area contributed by atoms with Gasteiger partial charge in [-0.05, 0) is 25.0 Å². The van der Waals surface area contributed by atoms with Crippen molar-refractivity contribution in [3.63, 3.8) is 0 Å². The average Bonchev–Trinajstić information content (AvgIpc) is 2.46. The minimum atomic E-state index is -0.853. The summed E-state index contributed by atoms with van der Waals surface area (Å²) in [6.45, 7) is 0.462. The molecule has 2 N–H and O–H groups in total. The smallest absolute Gasteiger partial charge is 0.306 e. The van der Waals surface area contributed by atoms with Gasteiger partial charge in [0.2, 0.25) is 5.91 Å². The van der Waals surface area contributed by atoms with Crippen LogP contribution in [0.5, 0.6) is 0 Å². The van der Waals surface area contributed by atoms with Crippen molar-refractivity contribution in [2.45, 2.75) is 12.8 Å². The highest BCUT2D eigenvalue weighted by atomic mass is 19.1. The predicted molar refractivity (Wildman–Crippen MR) is 71.8 cm³/mol. The summed E-state index contributed by atoms with van der Waals surface area (Å²) in [5.41, 5.74) is -0.328. The number of likely N-dealkylation sites (tertiary alicyclic amines) is 1. The highest BCUT2D eigenvalue weighted by Crippen LogP contribution is 2.19. The van der Waals surface area contributed by atoms with Crippen LogP contribution in [0.15, 0.2) is 18.2 Å². The van der Waals surface area contributed by atoms with Gasteiger partial charge in [-0.25, -0.2) is 8.78 Å². The fourth-order valence-electron chi connectivity index (χ4n) is 2.32. The maximum Gasteiger partial charge on any atom is 0.306 e. The molecule has 5 nitrogen and oxygen atoms in total. The molecule has 0 atom stereocenters. The quantitative estimate of drug-likeness (QED) is 0.887. The van der Waals surface area contributed by atoms with Gasteiger partial charge in [0.1, 0.15) is 17.3 Å². The van der Waals surface area contributed by atoms with E-state index in [0.717, 1.165) is 12.1 Å². The van der Waals surface area contributed by atoms with E-state index in [9.17, 15) is 18.4 Å². The lowest BCUT2D eigenvalue weighted by Crippen LogP contribution is -2.42. The van der Waals surface area contributed by atoms with Crippen molar-refractivity contribution in [2.24, 2.45) is 5.92 Å². The van der Waals surface area contributed by atoms with Crippen LogP contribution in [0, 0.1) is 17.6 Å². The van der Waals surface area contributed by atoms with Gasteiger partial charge in [0, 0.05) is 13.1 Å². The number of benzene rings is 1. The number of halogens is 2. The number of amides is 1. The molecular formula is C14H16F2N2O3. The summed E-state index contributed by atoms with van der Waals surface area (Å²) in [5.74, 6) is -3.10. The molecule has 1 heterocycles. The molecule has 0 radical (unpaired) electrons. The van der Waals surface area contributed by atoms with E-state index in [2.05, 4.69) is 5.32 Å². The normalized spacial score (nSPS) is 15.8. The molecule has 1 amide bonds. The first-order chi connectivity index (χ1) is 9.99. The van der Waals surface area contributed by atoms with Gasteiger partial charge in [0.15, 0.2) is 0 Å². The molecule has 0 unspecified atom stereocenters. The van der Waals surface area contributed by atoms with Crippen molar-refractivity contribution in [3.05, 3.63) is 29.8 Å². The number of piperidine rings is 1. The van der Waals surface area contributed by atoms with E-state index >= 15 is 0 Å². The number of nitrogens with zero attached hydrogens (tertiary/aromatic N) is 1. The molecule has 0 aromatic heterocycles. The molecule has 2 rings (SSSR count). The molecule has 7 heteroatoms. The first-order valence-corrected chi connectivity index (χ1v) is 6.67. The zero-order valence-corrected chi connectivity index (χ0v) is 11.3. The molecule has 1 aliphatic heterocycles. The number of carbonyl (C=O) groups excluding carboxylic acids is 1. The third-order valence-electron chi connectivity index (χ3n) is 3.58. The molecule has 0 saturated carbocycles. The fraction of sp³-hybridized carbons (Fsp3) is 0.429. The van der Waals surface area contributed by atoms with Crippen LogP contribution < -0.4 is 5.32 Å². The van der Waals surface area contributed by atoms with E-state index < -0.39 is 23.5 Å². The topological polar surface area (TPSA) is 69.6 Å². The number of rotatable bonds is 4. The van der Waals surface area contributed by atoms with Gasteiger partial charge in [-0.15, -0.1) is 0 Å². The number of carbonyl (C=O) groups is 2. The lowest BCUT2D eigenvalue weighted by molar-refractivity contribution is -0.145. The molecule has 21 heavy (non-hydrogen) atoms. The van der Waals surface area contributed by atoms with Gasteiger partial charge in [-0.1, -0.05) is 6.07 Å². The van der Waals surface area contributed by atoms with E-state index in [4.69, 9.17) is 5.11 Å². The number of hydrogen-bond acceptors (Lipinski definition) is 3. The average molecular weight is 298 g/mol. The summed E-state index contributed by atoms with van der Waals surface area (Å²) in [6, 6.07) is 3.46. The van der Waals surface area contributed by atoms with Crippen LogP contribution in [0.1, 0.15) is 12.8 Å². The standard InChI is InChI=1S/C14H16F2N2O3/c15-10-2-1-3-11(16)13(10)17-8-12(19)18-6-4-9(5-7-18)14(20)21/h1-3,9,17H,4-8H2,(H,20,21). The molecule has 1 aliphatic rings. The lowest BCUT2D eigenvalue weighted by Gasteiger charge is -2.30. The van der Waals surface area contributed by atoms with E-state index in [1.165, 1.54) is 11.0 Å². The SMILES string of the molecule is O=C(O)C1CCN(C(=O)CNc2c(F)cccc2F)CC1. The number of para-hydroxylation sites is 1. The molecule has 0 bridgehead atoms. The predicted octanol–water partition coefficient (Wildman–Crippen LogP) is 1.70. The van der Waals surface area contributed by atoms with Gasteiger partial charge in [-0.2, -0.15) is 0 Å². The minimum absolute atomic E-state index is 0.227. The first-order valence-electron chi connectivity index (χ1n) is 6.67. The van der Waals surface area contributed by atoms with E-state index in [1.54, 1.807) is 0 Å². The Bertz CT molecular complexity index is 523. The lowest BCUT2D eigenvalue weighted by atomic mass is 9.97. The summed E-state index contributed by atoms with van der Waals surface area (Å²) in [4.78, 5) is 24.3. The van der Waals surface area contributed by atoms with Crippen molar-refractivity contribution in [2.75, 3.05) is 25.0 Å². The van der Waals surface area contributed by atoms with Crippen LogP contribution in [-0.2, 0) is 9.59 Å². The van der Waals surface area contributed by atoms with E-state index in [1.807, 2.05) is 0 Å². The largest absolute Gasteiger partial charge is 0.481 e. The molecule has 0 spiro atoms. The van der Waals surface area contributed by atoms with Crippen LogP contribution in [0.25, 0.3) is 0 Å². The van der Waals surface area contributed by atoms with Crippen molar-refractivity contribution in [1.82, 2.24) is 4.90 Å². The monoisotopic (exact) mass is 298 g/mol. The second-order valence-corrected chi connectivity index (χ2v) is 4.94. The summed E-state index contributed by atoms with van der Waals surface area (Å²) in [6.07, 6.45) is 0.796. The van der Waals surface area contributed by atoms with Crippen LogP contribution in [0.4, 0.5) is 14.5 Å². The van der Waals surface area contributed by atoms with Crippen molar-refractivity contribution in [1.29, 1.82) is 0 Å². The van der Waals surface area contributed by atoms with Gasteiger partial charge in [-0.3, -0.25) is 9.59 Å². The minimum Gasteiger partial charge on any atom is -0.481 e. The number of anilines is 1. The zero-order chi connectivity index (χ0) is 15.4. The van der Waals surface area contributed by atoms with Crippen LogP contribution in [-0.4, -0.2) is 41.5 Å².